The normalized spacial score (nSPS) is 13.9. The average Bonchev–Trinajstić information content (AvgIpc) is 2.39. The second kappa shape index (κ2) is 7.84. The van der Waals surface area contributed by atoms with E-state index in [1.807, 2.05) is 30.3 Å². The minimum Gasteiger partial charge on any atom is -0.367 e. The van der Waals surface area contributed by atoms with E-state index >= 15 is 0 Å². The largest absolute Gasteiger partial charge is 0.367 e. The van der Waals surface area contributed by atoms with Gasteiger partial charge in [0.25, 0.3) is 5.91 Å². The van der Waals surface area contributed by atoms with Crippen LogP contribution in [0.1, 0.15) is 25.0 Å². The first kappa shape index (κ1) is 14.7. The lowest BCUT2D eigenvalue weighted by atomic mass is 10.1. The summed E-state index contributed by atoms with van der Waals surface area (Å²) in [5.41, 5.74) is 6.34. The Bertz CT molecular complexity index is 354. The molecule has 1 amide bonds. The fourth-order valence-electron chi connectivity index (χ4n) is 1.78. The van der Waals surface area contributed by atoms with E-state index in [2.05, 4.69) is 12.2 Å². The summed E-state index contributed by atoms with van der Waals surface area (Å²) in [5.74, 6) is 0.278. The number of carbonyl (C=O) groups excluding carboxylic acids is 1. The number of carbonyl (C=O) groups is 1. The Kier molecular flexibility index (Phi) is 6.39. The molecule has 1 rings (SSSR count). The third kappa shape index (κ3) is 4.47. The lowest BCUT2D eigenvalue weighted by Crippen LogP contribution is -2.34. The van der Waals surface area contributed by atoms with Gasteiger partial charge in [-0.05, 0) is 24.4 Å². The third-order valence-corrected chi connectivity index (χ3v) is 2.86. The Morgan fingerprint density at radius 1 is 1.39 bits per heavy atom. The number of nitrogens with two attached hydrogens (primary N) is 1. The standard InChI is InChI=1S/C14H22N2O2/c1-11(8-9-15)10-16-14(17)13(18-2)12-6-4-3-5-7-12/h3-7,11,13H,8-10,15H2,1-2H3,(H,16,17). The van der Waals surface area contributed by atoms with E-state index in [4.69, 9.17) is 10.5 Å². The first-order valence-electron chi connectivity index (χ1n) is 6.24. The van der Waals surface area contributed by atoms with E-state index in [0.717, 1.165) is 12.0 Å². The molecule has 0 aliphatic carbocycles. The Labute approximate surface area is 109 Å². The van der Waals surface area contributed by atoms with Gasteiger partial charge in [0.1, 0.15) is 0 Å². The Balaban J connectivity index is 2.53. The molecule has 100 valence electrons. The van der Waals surface area contributed by atoms with E-state index in [-0.39, 0.29) is 5.91 Å². The molecule has 18 heavy (non-hydrogen) atoms. The zero-order valence-corrected chi connectivity index (χ0v) is 11.1. The Morgan fingerprint density at radius 3 is 2.61 bits per heavy atom. The lowest BCUT2D eigenvalue weighted by molar-refractivity contribution is -0.131. The molecule has 3 N–H and O–H groups in total. The van der Waals surface area contributed by atoms with E-state index in [1.54, 1.807) is 7.11 Å². The quantitative estimate of drug-likeness (QED) is 0.770. The molecular formula is C14H22N2O2. The molecule has 0 spiro atoms. The zero-order chi connectivity index (χ0) is 13.4. The Hall–Kier alpha value is -1.39. The highest BCUT2D eigenvalue weighted by Crippen LogP contribution is 2.16. The summed E-state index contributed by atoms with van der Waals surface area (Å²) in [6.45, 7) is 3.34. The fraction of sp³-hybridized carbons (Fsp3) is 0.500. The molecule has 1 aromatic carbocycles. The second-order valence-corrected chi connectivity index (χ2v) is 4.45. The summed E-state index contributed by atoms with van der Waals surface area (Å²) in [6, 6.07) is 9.48. The van der Waals surface area contributed by atoms with Crippen molar-refractivity contribution < 1.29 is 9.53 Å². The van der Waals surface area contributed by atoms with Gasteiger partial charge in [-0.25, -0.2) is 0 Å². The van der Waals surface area contributed by atoms with Crippen molar-refractivity contribution in [3.63, 3.8) is 0 Å². The van der Waals surface area contributed by atoms with Crippen LogP contribution in [0.25, 0.3) is 0 Å². The van der Waals surface area contributed by atoms with Gasteiger partial charge >= 0.3 is 0 Å². The van der Waals surface area contributed by atoms with Crippen molar-refractivity contribution in [1.82, 2.24) is 5.32 Å². The summed E-state index contributed by atoms with van der Waals surface area (Å²) < 4.78 is 5.25. The van der Waals surface area contributed by atoms with Crippen molar-refractivity contribution in [3.8, 4) is 0 Å². The molecule has 0 bridgehead atoms. The Morgan fingerprint density at radius 2 is 2.06 bits per heavy atom. The predicted octanol–water partition coefficient (Wildman–Crippen LogP) is 1.48. The molecule has 0 fully saturated rings. The number of nitrogens with one attached hydrogen (secondary N) is 1. The fourth-order valence-corrected chi connectivity index (χ4v) is 1.78. The van der Waals surface area contributed by atoms with Crippen LogP contribution in [-0.4, -0.2) is 26.1 Å². The molecule has 0 aliphatic rings. The molecule has 4 heteroatoms. The molecule has 1 aromatic rings. The van der Waals surface area contributed by atoms with Crippen molar-refractivity contribution in [2.45, 2.75) is 19.4 Å². The topological polar surface area (TPSA) is 64.3 Å². The van der Waals surface area contributed by atoms with Crippen molar-refractivity contribution in [1.29, 1.82) is 0 Å². The van der Waals surface area contributed by atoms with Crippen molar-refractivity contribution in [3.05, 3.63) is 35.9 Å². The molecule has 0 saturated carbocycles. The number of rotatable bonds is 7. The summed E-state index contributed by atoms with van der Waals surface area (Å²) in [6.07, 6.45) is 0.361. The first-order chi connectivity index (χ1) is 8.69. The smallest absolute Gasteiger partial charge is 0.253 e. The van der Waals surface area contributed by atoms with Gasteiger partial charge in [0.05, 0.1) is 0 Å². The molecule has 0 aliphatic heterocycles. The average molecular weight is 250 g/mol. The number of amides is 1. The van der Waals surface area contributed by atoms with Gasteiger partial charge in [0.2, 0.25) is 0 Å². The molecule has 2 atom stereocenters. The number of methoxy groups -OCH3 is 1. The molecule has 0 aromatic heterocycles. The van der Waals surface area contributed by atoms with Crippen LogP contribution in [0.15, 0.2) is 30.3 Å². The van der Waals surface area contributed by atoms with Gasteiger partial charge in [-0.15, -0.1) is 0 Å². The summed E-state index contributed by atoms with van der Waals surface area (Å²) in [7, 11) is 1.54. The highest BCUT2D eigenvalue weighted by molar-refractivity contribution is 5.82. The van der Waals surface area contributed by atoms with E-state index in [1.165, 1.54) is 0 Å². The molecule has 2 unspecified atom stereocenters. The van der Waals surface area contributed by atoms with Gasteiger partial charge in [-0.1, -0.05) is 37.3 Å². The van der Waals surface area contributed by atoms with Crippen molar-refractivity contribution in [2.24, 2.45) is 11.7 Å². The highest BCUT2D eigenvalue weighted by atomic mass is 16.5. The first-order valence-corrected chi connectivity index (χ1v) is 6.24. The van der Waals surface area contributed by atoms with Crippen LogP contribution in [0.3, 0.4) is 0 Å². The highest BCUT2D eigenvalue weighted by Gasteiger charge is 2.19. The van der Waals surface area contributed by atoms with Gasteiger partial charge in [-0.3, -0.25) is 4.79 Å². The summed E-state index contributed by atoms with van der Waals surface area (Å²) in [5, 5.41) is 2.90. The second-order valence-electron chi connectivity index (χ2n) is 4.45. The van der Waals surface area contributed by atoms with Crippen molar-refractivity contribution >= 4 is 5.91 Å². The number of hydrogen-bond acceptors (Lipinski definition) is 3. The SMILES string of the molecule is COC(C(=O)NCC(C)CCN)c1ccccc1. The minimum atomic E-state index is -0.545. The number of benzene rings is 1. The summed E-state index contributed by atoms with van der Waals surface area (Å²) >= 11 is 0. The van der Waals surface area contributed by atoms with Crippen LogP contribution in [-0.2, 0) is 9.53 Å². The molecular weight excluding hydrogens is 228 g/mol. The zero-order valence-electron chi connectivity index (χ0n) is 11.1. The lowest BCUT2D eigenvalue weighted by Gasteiger charge is -2.17. The maximum absolute atomic E-state index is 12.0. The molecule has 0 saturated heterocycles. The van der Waals surface area contributed by atoms with Crippen LogP contribution in [0, 0.1) is 5.92 Å². The van der Waals surface area contributed by atoms with Crippen LogP contribution in [0.5, 0.6) is 0 Å². The number of hydrogen-bond donors (Lipinski definition) is 2. The van der Waals surface area contributed by atoms with Crippen LogP contribution in [0.4, 0.5) is 0 Å². The predicted molar refractivity (Wildman–Crippen MR) is 72.0 cm³/mol. The van der Waals surface area contributed by atoms with E-state index < -0.39 is 6.10 Å². The van der Waals surface area contributed by atoms with Crippen molar-refractivity contribution in [2.75, 3.05) is 20.2 Å². The maximum Gasteiger partial charge on any atom is 0.253 e. The summed E-state index contributed by atoms with van der Waals surface area (Å²) in [4.78, 5) is 12.0. The monoisotopic (exact) mass is 250 g/mol. The van der Waals surface area contributed by atoms with Crippen LogP contribution >= 0.6 is 0 Å². The van der Waals surface area contributed by atoms with Gasteiger partial charge in [0, 0.05) is 13.7 Å². The molecule has 4 nitrogen and oxygen atoms in total. The minimum absolute atomic E-state index is 0.104. The molecule has 0 heterocycles. The van der Waals surface area contributed by atoms with Crippen LogP contribution < -0.4 is 11.1 Å². The third-order valence-electron chi connectivity index (χ3n) is 2.86. The van der Waals surface area contributed by atoms with Gasteiger partial charge < -0.3 is 15.8 Å². The van der Waals surface area contributed by atoms with Gasteiger partial charge in [-0.2, -0.15) is 0 Å². The van der Waals surface area contributed by atoms with Gasteiger partial charge in [0.15, 0.2) is 6.10 Å². The maximum atomic E-state index is 12.0. The van der Waals surface area contributed by atoms with Crippen LogP contribution in [0.2, 0.25) is 0 Å². The molecule has 0 radical (unpaired) electrons. The number of ether oxygens (including phenoxy) is 1. The van der Waals surface area contributed by atoms with E-state index in [9.17, 15) is 4.79 Å². The van der Waals surface area contributed by atoms with E-state index in [0.29, 0.717) is 19.0 Å².